The number of ether oxygens (including phenoxy) is 1. The topological polar surface area (TPSA) is 70.7 Å². The Bertz CT molecular complexity index is 699. The highest BCUT2D eigenvalue weighted by molar-refractivity contribution is 6.34. The van der Waals surface area contributed by atoms with E-state index in [0.29, 0.717) is 10.7 Å². The average Bonchev–Trinajstić information content (AvgIpc) is 2.56. The molecular formula is C21H32ClN3O3. The summed E-state index contributed by atoms with van der Waals surface area (Å²) in [5, 5.41) is 6.44. The molecule has 2 amide bonds. The summed E-state index contributed by atoms with van der Waals surface area (Å²) < 4.78 is 5.31. The lowest BCUT2D eigenvalue weighted by Crippen LogP contribution is -2.51. The van der Waals surface area contributed by atoms with Crippen LogP contribution in [0.25, 0.3) is 0 Å². The lowest BCUT2D eigenvalue weighted by Gasteiger charge is -2.35. The maximum absolute atomic E-state index is 12.7. The number of piperidine rings is 1. The first-order valence-electron chi connectivity index (χ1n) is 9.77. The number of alkyl carbamates (subject to hydrolysis) is 1. The van der Waals surface area contributed by atoms with Gasteiger partial charge >= 0.3 is 6.09 Å². The third-order valence-corrected chi connectivity index (χ3v) is 5.16. The van der Waals surface area contributed by atoms with Gasteiger partial charge in [0.1, 0.15) is 5.60 Å². The van der Waals surface area contributed by atoms with Gasteiger partial charge in [-0.15, -0.1) is 0 Å². The van der Waals surface area contributed by atoms with Crippen LogP contribution in [0.4, 0.5) is 10.5 Å². The number of anilines is 1. The molecule has 156 valence electrons. The number of amides is 2. The molecule has 7 heteroatoms. The molecule has 0 aliphatic carbocycles. The molecule has 1 fully saturated rings. The number of hydrogen-bond acceptors (Lipinski definition) is 4. The van der Waals surface area contributed by atoms with Crippen LogP contribution in [0.1, 0.15) is 51.7 Å². The molecule has 1 aromatic rings. The molecule has 1 aromatic carbocycles. The number of halogens is 1. The highest BCUT2D eigenvalue weighted by Crippen LogP contribution is 2.28. The SMILES string of the molecule is Cc1cc(C)c(NC(=O)C(C)N2CCC(NC(=O)OC(C)(C)C)CC2)c(Cl)c1. The van der Waals surface area contributed by atoms with Crippen LogP contribution in [-0.4, -0.2) is 47.7 Å². The summed E-state index contributed by atoms with van der Waals surface area (Å²) in [6, 6.07) is 3.64. The monoisotopic (exact) mass is 409 g/mol. The second-order valence-corrected chi connectivity index (χ2v) is 8.97. The quantitative estimate of drug-likeness (QED) is 0.778. The Morgan fingerprint density at radius 2 is 1.82 bits per heavy atom. The summed E-state index contributed by atoms with van der Waals surface area (Å²) in [5.74, 6) is -0.0765. The molecule has 0 bridgehead atoms. The largest absolute Gasteiger partial charge is 0.444 e. The smallest absolute Gasteiger partial charge is 0.407 e. The van der Waals surface area contributed by atoms with Crippen LogP contribution >= 0.6 is 11.6 Å². The Hall–Kier alpha value is -1.79. The molecule has 2 N–H and O–H groups in total. The third-order valence-electron chi connectivity index (χ3n) is 4.86. The minimum absolute atomic E-state index is 0.0650. The maximum atomic E-state index is 12.7. The molecule has 1 unspecified atom stereocenters. The number of nitrogens with one attached hydrogen (secondary N) is 2. The van der Waals surface area contributed by atoms with E-state index in [2.05, 4.69) is 15.5 Å². The van der Waals surface area contributed by atoms with Gasteiger partial charge < -0.3 is 15.4 Å². The van der Waals surface area contributed by atoms with Gasteiger partial charge in [-0.2, -0.15) is 0 Å². The molecule has 1 atom stereocenters. The fourth-order valence-electron chi connectivity index (χ4n) is 3.37. The molecule has 1 aliphatic rings. The number of carbonyl (C=O) groups excluding carboxylic acids is 2. The van der Waals surface area contributed by atoms with Crippen molar-refractivity contribution in [3.8, 4) is 0 Å². The highest BCUT2D eigenvalue weighted by atomic mass is 35.5. The number of nitrogens with zero attached hydrogens (tertiary/aromatic N) is 1. The van der Waals surface area contributed by atoms with E-state index in [1.807, 2.05) is 53.7 Å². The van der Waals surface area contributed by atoms with Crippen LogP contribution in [-0.2, 0) is 9.53 Å². The van der Waals surface area contributed by atoms with Crippen LogP contribution < -0.4 is 10.6 Å². The summed E-state index contributed by atoms with van der Waals surface area (Å²) in [6.45, 7) is 12.8. The first-order chi connectivity index (χ1) is 13.0. The van der Waals surface area contributed by atoms with Gasteiger partial charge in [0, 0.05) is 19.1 Å². The van der Waals surface area contributed by atoms with Crippen LogP contribution in [0.5, 0.6) is 0 Å². The predicted octanol–water partition coefficient (Wildman–Crippen LogP) is 4.27. The zero-order chi connectivity index (χ0) is 21.1. The summed E-state index contributed by atoms with van der Waals surface area (Å²) >= 11 is 6.30. The number of likely N-dealkylation sites (tertiary alicyclic amines) is 1. The van der Waals surface area contributed by atoms with Crippen molar-refractivity contribution in [2.24, 2.45) is 0 Å². The van der Waals surface area contributed by atoms with Gasteiger partial charge in [-0.3, -0.25) is 9.69 Å². The fraction of sp³-hybridized carbons (Fsp3) is 0.619. The van der Waals surface area contributed by atoms with Crippen LogP contribution in [0, 0.1) is 13.8 Å². The Morgan fingerprint density at radius 1 is 1.21 bits per heavy atom. The van der Waals surface area contributed by atoms with Gasteiger partial charge in [-0.1, -0.05) is 17.7 Å². The number of rotatable bonds is 4. The molecular weight excluding hydrogens is 378 g/mol. The summed E-state index contributed by atoms with van der Waals surface area (Å²) in [7, 11) is 0. The van der Waals surface area contributed by atoms with E-state index in [0.717, 1.165) is 37.1 Å². The highest BCUT2D eigenvalue weighted by Gasteiger charge is 2.28. The standard InChI is InChI=1S/C21H32ClN3O3/c1-13-11-14(2)18(17(22)12-13)24-19(26)15(3)25-9-7-16(8-10-25)23-20(27)28-21(4,5)6/h11-12,15-16H,7-10H2,1-6H3,(H,23,27)(H,24,26). The van der Waals surface area contributed by atoms with Crippen LogP contribution in [0.2, 0.25) is 5.02 Å². The van der Waals surface area contributed by atoms with Gasteiger partial charge in [-0.25, -0.2) is 4.79 Å². The summed E-state index contributed by atoms with van der Waals surface area (Å²) in [4.78, 5) is 26.8. The van der Waals surface area contributed by atoms with Crippen molar-refractivity contribution < 1.29 is 14.3 Å². The van der Waals surface area contributed by atoms with E-state index in [4.69, 9.17) is 16.3 Å². The zero-order valence-corrected chi connectivity index (χ0v) is 18.4. The number of benzene rings is 1. The van der Waals surface area contributed by atoms with Crippen LogP contribution in [0.15, 0.2) is 12.1 Å². The molecule has 0 aromatic heterocycles. The minimum Gasteiger partial charge on any atom is -0.444 e. The molecule has 1 aliphatic heterocycles. The van der Waals surface area contributed by atoms with Crippen molar-refractivity contribution in [1.29, 1.82) is 0 Å². The fourth-order valence-corrected chi connectivity index (χ4v) is 3.74. The van der Waals surface area contributed by atoms with E-state index in [1.165, 1.54) is 0 Å². The van der Waals surface area contributed by atoms with E-state index >= 15 is 0 Å². The number of aryl methyl sites for hydroxylation is 2. The molecule has 0 spiro atoms. The number of carbonyl (C=O) groups is 2. The van der Waals surface area contributed by atoms with Gasteiger partial charge in [0.15, 0.2) is 0 Å². The predicted molar refractivity (Wildman–Crippen MR) is 113 cm³/mol. The maximum Gasteiger partial charge on any atom is 0.407 e. The van der Waals surface area contributed by atoms with Crippen molar-refractivity contribution in [2.45, 2.75) is 72.1 Å². The Morgan fingerprint density at radius 3 is 2.36 bits per heavy atom. The molecule has 6 nitrogen and oxygen atoms in total. The third kappa shape index (κ3) is 6.38. The molecule has 0 radical (unpaired) electrons. The van der Waals surface area contributed by atoms with Gasteiger partial charge in [0.2, 0.25) is 5.91 Å². The average molecular weight is 410 g/mol. The molecule has 1 saturated heterocycles. The lowest BCUT2D eigenvalue weighted by molar-refractivity contribution is -0.121. The van der Waals surface area contributed by atoms with Crippen molar-refractivity contribution in [3.05, 3.63) is 28.3 Å². The Labute approximate surface area is 172 Å². The lowest BCUT2D eigenvalue weighted by atomic mass is 10.0. The van der Waals surface area contributed by atoms with Crippen molar-refractivity contribution >= 4 is 29.3 Å². The van der Waals surface area contributed by atoms with Gasteiger partial charge in [0.05, 0.1) is 16.8 Å². The van der Waals surface area contributed by atoms with E-state index in [9.17, 15) is 9.59 Å². The zero-order valence-electron chi connectivity index (χ0n) is 17.7. The first-order valence-corrected chi connectivity index (χ1v) is 10.1. The second kappa shape index (κ2) is 9.14. The molecule has 2 rings (SSSR count). The molecule has 1 heterocycles. The molecule has 0 saturated carbocycles. The Balaban J connectivity index is 1.87. The first kappa shape index (κ1) is 22.5. The minimum atomic E-state index is -0.507. The van der Waals surface area contributed by atoms with Gasteiger partial charge in [0.25, 0.3) is 0 Å². The van der Waals surface area contributed by atoms with E-state index < -0.39 is 5.60 Å². The second-order valence-electron chi connectivity index (χ2n) is 8.56. The summed E-state index contributed by atoms with van der Waals surface area (Å²) in [5.41, 5.74) is 2.18. The van der Waals surface area contributed by atoms with E-state index in [-0.39, 0.29) is 24.1 Å². The van der Waals surface area contributed by atoms with Gasteiger partial charge in [-0.05, 0) is 71.6 Å². The number of hydrogen-bond donors (Lipinski definition) is 2. The summed E-state index contributed by atoms with van der Waals surface area (Å²) in [6.07, 6.45) is 1.17. The normalized spacial score (nSPS) is 17.1. The van der Waals surface area contributed by atoms with Crippen molar-refractivity contribution in [2.75, 3.05) is 18.4 Å². The van der Waals surface area contributed by atoms with Crippen molar-refractivity contribution in [3.63, 3.8) is 0 Å². The van der Waals surface area contributed by atoms with Crippen molar-refractivity contribution in [1.82, 2.24) is 10.2 Å². The Kier molecular flexibility index (Phi) is 7.34. The van der Waals surface area contributed by atoms with E-state index in [1.54, 1.807) is 0 Å². The molecule has 28 heavy (non-hydrogen) atoms. The van der Waals surface area contributed by atoms with Crippen LogP contribution in [0.3, 0.4) is 0 Å².